The summed E-state index contributed by atoms with van der Waals surface area (Å²) in [5.74, 6) is -0.887. The van der Waals surface area contributed by atoms with Crippen molar-refractivity contribution in [3.63, 3.8) is 0 Å². The molecule has 1 aliphatic rings. The summed E-state index contributed by atoms with van der Waals surface area (Å²) in [7, 11) is 1.61. The monoisotopic (exact) mass is 283 g/mol. The summed E-state index contributed by atoms with van der Waals surface area (Å²) in [5, 5.41) is 12.8. The Morgan fingerprint density at radius 2 is 2.21 bits per heavy atom. The number of carbonyl (C=O) groups is 2. The van der Waals surface area contributed by atoms with E-state index < -0.39 is 5.97 Å². The third-order valence-corrected chi connectivity index (χ3v) is 4.51. The van der Waals surface area contributed by atoms with E-state index in [1.54, 1.807) is 14.0 Å². The Morgan fingerprint density at radius 3 is 2.74 bits per heavy atom. The average molecular weight is 283 g/mol. The molecule has 6 nitrogen and oxygen atoms in total. The van der Waals surface area contributed by atoms with Crippen molar-refractivity contribution in [2.24, 2.45) is 5.92 Å². The first-order chi connectivity index (χ1) is 8.93. The van der Waals surface area contributed by atoms with Gasteiger partial charge in [0.05, 0.1) is 11.7 Å². The molecular formula is C12H17N3O3S. The molecule has 0 spiro atoms. The summed E-state index contributed by atoms with van der Waals surface area (Å²) in [4.78, 5) is 25.0. The Bertz CT molecular complexity index is 514. The molecule has 104 valence electrons. The lowest BCUT2D eigenvalue weighted by molar-refractivity contribution is -0.120. The SMILES string of the molecule is Cc1nsc(N(C)C(=O)C2NCCC2C)c1C(=O)O. The number of hydrogen-bond donors (Lipinski definition) is 2. The van der Waals surface area contributed by atoms with Gasteiger partial charge in [-0.15, -0.1) is 0 Å². The van der Waals surface area contributed by atoms with E-state index in [1.165, 1.54) is 4.90 Å². The van der Waals surface area contributed by atoms with Crippen molar-refractivity contribution in [2.45, 2.75) is 26.3 Å². The summed E-state index contributed by atoms with van der Waals surface area (Å²) in [5.41, 5.74) is 0.561. The first-order valence-corrected chi connectivity index (χ1v) is 6.91. The van der Waals surface area contributed by atoms with Crippen LogP contribution >= 0.6 is 11.5 Å². The van der Waals surface area contributed by atoms with Crippen molar-refractivity contribution in [1.82, 2.24) is 9.69 Å². The second-order valence-electron chi connectivity index (χ2n) is 4.85. The number of aryl methyl sites for hydroxylation is 1. The lowest BCUT2D eigenvalue weighted by atomic mass is 10.0. The van der Waals surface area contributed by atoms with Crippen molar-refractivity contribution in [3.05, 3.63) is 11.3 Å². The van der Waals surface area contributed by atoms with Gasteiger partial charge in [0.1, 0.15) is 10.6 Å². The maximum absolute atomic E-state index is 12.4. The van der Waals surface area contributed by atoms with Gasteiger partial charge in [-0.05, 0) is 37.3 Å². The van der Waals surface area contributed by atoms with Gasteiger partial charge in [0.2, 0.25) is 5.91 Å². The molecule has 19 heavy (non-hydrogen) atoms. The molecule has 1 saturated heterocycles. The number of anilines is 1. The van der Waals surface area contributed by atoms with Crippen LogP contribution in [0.5, 0.6) is 0 Å². The average Bonchev–Trinajstić information content (AvgIpc) is 2.93. The number of likely N-dealkylation sites (N-methyl/N-ethyl adjacent to an activating group) is 1. The fourth-order valence-electron chi connectivity index (χ4n) is 2.31. The lowest BCUT2D eigenvalue weighted by Crippen LogP contribution is -2.44. The fraction of sp³-hybridized carbons (Fsp3) is 0.583. The van der Waals surface area contributed by atoms with Crippen LogP contribution < -0.4 is 10.2 Å². The van der Waals surface area contributed by atoms with Crippen LogP contribution in [0.2, 0.25) is 0 Å². The third-order valence-electron chi connectivity index (χ3n) is 3.49. The van der Waals surface area contributed by atoms with Gasteiger partial charge in [-0.3, -0.25) is 4.79 Å². The van der Waals surface area contributed by atoms with Gasteiger partial charge in [0.25, 0.3) is 0 Å². The third kappa shape index (κ3) is 2.48. The molecular weight excluding hydrogens is 266 g/mol. The van der Waals surface area contributed by atoms with Crippen LogP contribution in [-0.2, 0) is 4.79 Å². The van der Waals surface area contributed by atoms with E-state index in [1.807, 2.05) is 6.92 Å². The van der Waals surface area contributed by atoms with Crippen molar-refractivity contribution >= 4 is 28.4 Å². The normalized spacial score (nSPS) is 22.5. The van der Waals surface area contributed by atoms with Gasteiger partial charge in [-0.25, -0.2) is 4.79 Å². The number of aromatic nitrogens is 1. The van der Waals surface area contributed by atoms with Gasteiger partial charge in [-0.1, -0.05) is 6.92 Å². The van der Waals surface area contributed by atoms with E-state index >= 15 is 0 Å². The van der Waals surface area contributed by atoms with E-state index in [0.29, 0.717) is 10.7 Å². The van der Waals surface area contributed by atoms with Crippen LogP contribution in [0.4, 0.5) is 5.00 Å². The van der Waals surface area contributed by atoms with Gasteiger partial charge < -0.3 is 15.3 Å². The highest BCUT2D eigenvalue weighted by atomic mass is 32.1. The van der Waals surface area contributed by atoms with E-state index in [0.717, 1.165) is 24.5 Å². The van der Waals surface area contributed by atoms with Gasteiger partial charge in [0.15, 0.2) is 0 Å². The standard InChI is InChI=1S/C12H17N3O3S/c1-6-4-5-13-9(6)10(16)15(3)11-8(12(17)18)7(2)14-19-11/h6,9,13H,4-5H2,1-3H3,(H,17,18). The molecule has 1 aromatic heterocycles. The zero-order chi connectivity index (χ0) is 14.2. The first-order valence-electron chi connectivity index (χ1n) is 6.14. The number of nitrogens with zero attached hydrogens (tertiary/aromatic N) is 2. The molecule has 2 unspecified atom stereocenters. The predicted octanol–water partition coefficient (Wildman–Crippen LogP) is 1.11. The maximum Gasteiger partial charge on any atom is 0.340 e. The number of carbonyl (C=O) groups excluding carboxylic acids is 1. The smallest absolute Gasteiger partial charge is 0.340 e. The second kappa shape index (κ2) is 5.26. The lowest BCUT2D eigenvalue weighted by Gasteiger charge is -2.22. The Balaban J connectivity index is 2.27. The van der Waals surface area contributed by atoms with Crippen molar-refractivity contribution in [2.75, 3.05) is 18.5 Å². The van der Waals surface area contributed by atoms with Gasteiger partial charge in [-0.2, -0.15) is 4.37 Å². The van der Waals surface area contributed by atoms with Crippen molar-refractivity contribution < 1.29 is 14.7 Å². The summed E-state index contributed by atoms with van der Waals surface area (Å²) < 4.78 is 4.03. The molecule has 1 fully saturated rings. The highest BCUT2D eigenvalue weighted by molar-refractivity contribution is 7.11. The van der Waals surface area contributed by atoms with Crippen molar-refractivity contribution in [3.8, 4) is 0 Å². The molecule has 1 amide bonds. The largest absolute Gasteiger partial charge is 0.478 e. The van der Waals surface area contributed by atoms with Crippen LogP contribution in [0.1, 0.15) is 29.4 Å². The molecule has 2 atom stereocenters. The highest BCUT2D eigenvalue weighted by Gasteiger charge is 2.34. The number of hydrogen-bond acceptors (Lipinski definition) is 5. The summed E-state index contributed by atoms with van der Waals surface area (Å²) in [6.07, 6.45) is 0.956. The Kier molecular flexibility index (Phi) is 3.86. The Labute approximate surface area is 115 Å². The van der Waals surface area contributed by atoms with Gasteiger partial charge in [0, 0.05) is 7.05 Å². The summed E-state index contributed by atoms with van der Waals surface area (Å²) in [6.45, 7) is 4.48. The zero-order valence-corrected chi connectivity index (χ0v) is 12.0. The van der Waals surface area contributed by atoms with E-state index in [-0.39, 0.29) is 23.4 Å². The molecule has 0 radical (unpaired) electrons. The van der Waals surface area contributed by atoms with Crippen molar-refractivity contribution in [1.29, 1.82) is 0 Å². The van der Waals surface area contributed by atoms with Crippen LogP contribution in [0.3, 0.4) is 0 Å². The number of carboxylic acid groups (broad SMARTS) is 1. The maximum atomic E-state index is 12.4. The Morgan fingerprint density at radius 1 is 1.53 bits per heavy atom. The predicted molar refractivity (Wildman–Crippen MR) is 72.8 cm³/mol. The number of rotatable bonds is 3. The van der Waals surface area contributed by atoms with Crippen LogP contribution in [0.25, 0.3) is 0 Å². The molecule has 1 aliphatic heterocycles. The zero-order valence-electron chi connectivity index (χ0n) is 11.1. The fourth-order valence-corrected chi connectivity index (χ4v) is 3.16. The van der Waals surface area contributed by atoms with Crippen LogP contribution in [-0.4, -0.2) is 41.0 Å². The van der Waals surface area contributed by atoms with E-state index in [4.69, 9.17) is 0 Å². The number of amides is 1. The summed E-state index contributed by atoms with van der Waals surface area (Å²) >= 11 is 1.05. The molecule has 2 rings (SSSR count). The van der Waals surface area contributed by atoms with Crippen LogP contribution in [0.15, 0.2) is 0 Å². The minimum atomic E-state index is -1.05. The highest BCUT2D eigenvalue weighted by Crippen LogP contribution is 2.29. The van der Waals surface area contributed by atoms with Crippen LogP contribution in [0, 0.1) is 12.8 Å². The molecule has 0 saturated carbocycles. The molecule has 2 heterocycles. The molecule has 1 aromatic rings. The van der Waals surface area contributed by atoms with E-state index in [2.05, 4.69) is 9.69 Å². The summed E-state index contributed by atoms with van der Waals surface area (Å²) in [6, 6.07) is -0.242. The topological polar surface area (TPSA) is 82.5 Å². The number of nitrogens with one attached hydrogen (secondary N) is 1. The Hall–Kier alpha value is -1.47. The number of carboxylic acids is 1. The molecule has 0 aromatic carbocycles. The molecule has 0 aliphatic carbocycles. The van der Waals surface area contributed by atoms with Gasteiger partial charge >= 0.3 is 5.97 Å². The second-order valence-corrected chi connectivity index (χ2v) is 5.60. The molecule has 7 heteroatoms. The van der Waals surface area contributed by atoms with E-state index in [9.17, 15) is 14.7 Å². The molecule has 2 N–H and O–H groups in total. The number of aromatic carboxylic acids is 1. The quantitative estimate of drug-likeness (QED) is 0.868. The molecule has 0 bridgehead atoms. The minimum absolute atomic E-state index is 0.101. The first kappa shape index (κ1) is 14.0. The minimum Gasteiger partial charge on any atom is -0.478 e.